The molecule has 0 N–H and O–H groups in total. The van der Waals surface area contributed by atoms with E-state index in [1.54, 1.807) is 7.11 Å². The van der Waals surface area contributed by atoms with Crippen LogP contribution in [0.15, 0.2) is 53.5 Å². The molecule has 0 saturated carbocycles. The Balaban J connectivity index is 1.90. The minimum absolute atomic E-state index is 0.131. The van der Waals surface area contributed by atoms with Crippen molar-refractivity contribution >= 4 is 17.8 Å². The van der Waals surface area contributed by atoms with Gasteiger partial charge in [-0.15, -0.1) is 0 Å². The lowest BCUT2D eigenvalue weighted by Gasteiger charge is -2.08. The Bertz CT molecular complexity index is 610. The van der Waals surface area contributed by atoms with Crippen molar-refractivity contribution in [1.29, 1.82) is 0 Å². The number of hydrogen-bond donors (Lipinski definition) is 0. The molecule has 2 rings (SSSR count). The molecule has 0 heterocycles. The maximum absolute atomic E-state index is 6.14. The molecule has 0 fully saturated rings. The lowest BCUT2D eigenvalue weighted by atomic mass is 10.1. The smallest absolute Gasteiger partial charge is 0.119 e. The fraction of sp³-hybridized carbons (Fsp3) is 0.278. The average molecular weight is 302 g/mol. The molecule has 0 radical (unpaired) electrons. The summed E-state index contributed by atoms with van der Waals surface area (Å²) in [4.78, 5) is 4.59. The number of aryl methyl sites for hydroxylation is 1. The molecule has 21 heavy (non-hydrogen) atoms. The van der Waals surface area contributed by atoms with Crippen molar-refractivity contribution in [2.75, 3.05) is 7.11 Å². The third-order valence-corrected chi connectivity index (χ3v) is 3.77. The first-order chi connectivity index (χ1) is 10.2. The Hall–Kier alpha value is -1.80. The van der Waals surface area contributed by atoms with E-state index in [1.807, 2.05) is 42.6 Å². The summed E-state index contributed by atoms with van der Waals surface area (Å²) in [6.07, 6.45) is 3.78. The van der Waals surface area contributed by atoms with E-state index in [2.05, 4.69) is 24.0 Å². The van der Waals surface area contributed by atoms with Crippen LogP contribution in [-0.4, -0.2) is 13.3 Å². The van der Waals surface area contributed by atoms with Gasteiger partial charge in [0.1, 0.15) is 5.75 Å². The molecular weight excluding hydrogens is 282 g/mol. The molecule has 0 amide bonds. The summed E-state index contributed by atoms with van der Waals surface area (Å²) in [6.45, 7) is 2.08. The third-order valence-electron chi connectivity index (χ3n) is 3.41. The van der Waals surface area contributed by atoms with E-state index in [0.717, 1.165) is 29.2 Å². The molecule has 0 aliphatic carbocycles. The van der Waals surface area contributed by atoms with E-state index in [0.29, 0.717) is 0 Å². The topological polar surface area (TPSA) is 21.6 Å². The van der Waals surface area contributed by atoms with Crippen molar-refractivity contribution in [3.8, 4) is 5.75 Å². The van der Waals surface area contributed by atoms with Gasteiger partial charge >= 0.3 is 0 Å². The maximum Gasteiger partial charge on any atom is 0.119 e. The third kappa shape index (κ3) is 4.61. The molecule has 0 unspecified atom stereocenters. The van der Waals surface area contributed by atoms with Crippen molar-refractivity contribution in [2.24, 2.45) is 4.99 Å². The molecule has 0 saturated heterocycles. The molecule has 1 atom stereocenters. The van der Waals surface area contributed by atoms with Gasteiger partial charge in [0.25, 0.3) is 0 Å². The van der Waals surface area contributed by atoms with Gasteiger partial charge in [-0.05, 0) is 55.3 Å². The summed E-state index contributed by atoms with van der Waals surface area (Å²) < 4.78 is 5.24. The number of nitrogens with zero attached hydrogens (tertiary/aromatic N) is 1. The van der Waals surface area contributed by atoms with Crippen LogP contribution in [0.5, 0.6) is 5.75 Å². The molecule has 2 aromatic rings. The van der Waals surface area contributed by atoms with Crippen LogP contribution >= 0.6 is 11.6 Å². The zero-order chi connectivity index (χ0) is 15.1. The Morgan fingerprint density at radius 1 is 1.19 bits per heavy atom. The van der Waals surface area contributed by atoms with E-state index in [-0.39, 0.29) is 6.04 Å². The van der Waals surface area contributed by atoms with Crippen molar-refractivity contribution in [2.45, 2.75) is 25.8 Å². The molecule has 0 aromatic heterocycles. The van der Waals surface area contributed by atoms with Crippen molar-refractivity contribution in [1.82, 2.24) is 0 Å². The quantitative estimate of drug-likeness (QED) is 0.679. The first-order valence-electron chi connectivity index (χ1n) is 7.09. The van der Waals surface area contributed by atoms with Crippen LogP contribution in [0.1, 0.15) is 30.5 Å². The van der Waals surface area contributed by atoms with Gasteiger partial charge in [-0.1, -0.05) is 41.9 Å². The van der Waals surface area contributed by atoms with E-state index in [1.165, 1.54) is 5.56 Å². The van der Waals surface area contributed by atoms with Crippen molar-refractivity contribution in [3.63, 3.8) is 0 Å². The molecule has 0 aliphatic heterocycles. The van der Waals surface area contributed by atoms with Gasteiger partial charge in [-0.25, -0.2) is 0 Å². The van der Waals surface area contributed by atoms with Gasteiger partial charge in [0, 0.05) is 5.02 Å². The molecule has 2 nitrogen and oxygen atoms in total. The Morgan fingerprint density at radius 2 is 2.00 bits per heavy atom. The number of hydrogen-bond acceptors (Lipinski definition) is 2. The van der Waals surface area contributed by atoms with Gasteiger partial charge in [0.05, 0.1) is 13.2 Å². The van der Waals surface area contributed by atoms with Crippen LogP contribution in [0.25, 0.3) is 0 Å². The summed E-state index contributed by atoms with van der Waals surface area (Å²) in [5.74, 6) is 0.866. The lowest BCUT2D eigenvalue weighted by molar-refractivity contribution is 0.414. The minimum Gasteiger partial charge on any atom is -0.497 e. The number of ether oxygens (including phenoxy) is 1. The molecule has 110 valence electrons. The van der Waals surface area contributed by atoms with Crippen LogP contribution < -0.4 is 4.74 Å². The summed E-state index contributed by atoms with van der Waals surface area (Å²) in [7, 11) is 1.68. The second-order valence-corrected chi connectivity index (χ2v) is 5.32. The van der Waals surface area contributed by atoms with Crippen LogP contribution in [0.2, 0.25) is 5.02 Å². The zero-order valence-corrected chi connectivity index (χ0v) is 13.2. The SMILES string of the molecule is COc1cccc([C@@H](C)N=CCCc2ccccc2Cl)c1. The second-order valence-electron chi connectivity index (χ2n) is 4.91. The lowest BCUT2D eigenvalue weighted by Crippen LogP contribution is -1.93. The normalized spacial score (nSPS) is 12.5. The van der Waals surface area contributed by atoms with Gasteiger partial charge in [0.15, 0.2) is 0 Å². The number of methoxy groups -OCH3 is 1. The van der Waals surface area contributed by atoms with Crippen molar-refractivity contribution < 1.29 is 4.74 Å². The van der Waals surface area contributed by atoms with Gasteiger partial charge in [0.2, 0.25) is 0 Å². The first-order valence-corrected chi connectivity index (χ1v) is 7.47. The summed E-state index contributed by atoms with van der Waals surface area (Å²) in [5, 5.41) is 0.826. The molecule has 2 aromatic carbocycles. The Labute approximate surface area is 131 Å². The van der Waals surface area contributed by atoms with Crippen LogP contribution in [0.3, 0.4) is 0 Å². The maximum atomic E-state index is 6.14. The monoisotopic (exact) mass is 301 g/mol. The second kappa shape index (κ2) is 7.84. The molecule has 3 heteroatoms. The Morgan fingerprint density at radius 3 is 2.76 bits per heavy atom. The average Bonchev–Trinajstić information content (AvgIpc) is 2.53. The number of rotatable bonds is 6. The highest BCUT2D eigenvalue weighted by atomic mass is 35.5. The first kappa shape index (κ1) is 15.6. The summed E-state index contributed by atoms with van der Waals surface area (Å²) in [5.41, 5.74) is 2.32. The van der Waals surface area contributed by atoms with Gasteiger partial charge < -0.3 is 4.74 Å². The van der Waals surface area contributed by atoms with E-state index >= 15 is 0 Å². The van der Waals surface area contributed by atoms with Gasteiger partial charge in [-0.2, -0.15) is 0 Å². The number of benzene rings is 2. The highest BCUT2D eigenvalue weighted by molar-refractivity contribution is 6.31. The fourth-order valence-electron chi connectivity index (χ4n) is 2.14. The Kier molecular flexibility index (Phi) is 5.82. The highest BCUT2D eigenvalue weighted by Gasteiger charge is 2.03. The van der Waals surface area contributed by atoms with Crippen molar-refractivity contribution in [3.05, 3.63) is 64.7 Å². The zero-order valence-electron chi connectivity index (χ0n) is 12.4. The van der Waals surface area contributed by atoms with E-state index in [9.17, 15) is 0 Å². The van der Waals surface area contributed by atoms with Crippen LogP contribution in [0.4, 0.5) is 0 Å². The number of aliphatic imine (C=N–C) groups is 1. The fourth-order valence-corrected chi connectivity index (χ4v) is 2.37. The van der Waals surface area contributed by atoms with E-state index < -0.39 is 0 Å². The van der Waals surface area contributed by atoms with Crippen LogP contribution in [-0.2, 0) is 6.42 Å². The highest BCUT2D eigenvalue weighted by Crippen LogP contribution is 2.21. The predicted octanol–water partition coefficient (Wildman–Crippen LogP) is 5.11. The number of halogens is 1. The van der Waals surface area contributed by atoms with E-state index in [4.69, 9.17) is 16.3 Å². The molecule has 0 spiro atoms. The minimum atomic E-state index is 0.131. The molecular formula is C18H20ClNO. The molecule has 0 bridgehead atoms. The summed E-state index contributed by atoms with van der Waals surface area (Å²) >= 11 is 6.14. The molecule has 0 aliphatic rings. The predicted molar refractivity (Wildman–Crippen MR) is 89.7 cm³/mol. The summed E-state index contributed by atoms with van der Waals surface area (Å²) in [6, 6.07) is 16.1. The standard InChI is InChI=1S/C18H20ClNO/c1-14(16-8-5-10-17(13-16)21-2)20-12-6-9-15-7-3-4-11-18(15)19/h3-5,7-8,10-14H,6,9H2,1-2H3/t14-/m1/s1. The van der Waals surface area contributed by atoms with Crippen LogP contribution in [0, 0.1) is 0 Å². The van der Waals surface area contributed by atoms with Gasteiger partial charge in [-0.3, -0.25) is 4.99 Å². The largest absolute Gasteiger partial charge is 0.497 e.